The fraction of sp³-hybridized carbons (Fsp3) is 0.516. The van der Waals surface area contributed by atoms with Crippen molar-refractivity contribution in [3.05, 3.63) is 46.3 Å². The van der Waals surface area contributed by atoms with Crippen LogP contribution in [0.15, 0.2) is 39.6 Å². The number of carbonyl (C=O) groups is 4. The van der Waals surface area contributed by atoms with Crippen LogP contribution in [0.25, 0.3) is 16.5 Å². The first-order valence-corrected chi connectivity index (χ1v) is 14.2. The van der Waals surface area contributed by atoms with Crippen molar-refractivity contribution >= 4 is 40.4 Å². The summed E-state index contributed by atoms with van der Waals surface area (Å²) in [6, 6.07) is 5.80. The molecule has 0 amide bonds. The number of hydroxylamine groups is 2. The molecule has 0 bridgehead atoms. The lowest BCUT2D eigenvalue weighted by atomic mass is 9.94. The quantitative estimate of drug-likeness (QED) is 0.308. The van der Waals surface area contributed by atoms with Gasteiger partial charge < -0.3 is 32.8 Å². The van der Waals surface area contributed by atoms with E-state index in [-0.39, 0.29) is 22.5 Å². The fourth-order valence-electron chi connectivity index (χ4n) is 5.61. The van der Waals surface area contributed by atoms with Crippen molar-refractivity contribution in [3.63, 3.8) is 0 Å². The third kappa shape index (κ3) is 7.02. The molecule has 1 saturated heterocycles. The minimum absolute atomic E-state index is 0.00347. The van der Waals surface area contributed by atoms with Crippen molar-refractivity contribution < 1.29 is 57.2 Å². The highest BCUT2D eigenvalue weighted by atomic mass is 16.7. The maximum atomic E-state index is 13.6. The van der Waals surface area contributed by atoms with Crippen molar-refractivity contribution in [2.45, 2.75) is 97.2 Å². The van der Waals surface area contributed by atoms with Gasteiger partial charge in [0.1, 0.15) is 35.2 Å². The van der Waals surface area contributed by atoms with E-state index in [0.717, 1.165) is 32.8 Å². The Bertz CT molecular complexity index is 1590. The highest BCUT2D eigenvalue weighted by molar-refractivity contribution is 5.85. The van der Waals surface area contributed by atoms with E-state index in [0.29, 0.717) is 5.57 Å². The summed E-state index contributed by atoms with van der Waals surface area (Å²) < 4.78 is 39.6. The SMILES string of the molecule is CC(=O)OC[C@H]1O[C@@H](Oc2cccc3oc(C4=CC(C)(C)N([O])C4(C)C)cc(=O)c23)[C@H](OC(C)=O)[C@@H](OC(C)=O)[C@@H]1OC(C)=O. The lowest BCUT2D eigenvalue weighted by molar-refractivity contribution is -0.288. The van der Waals surface area contributed by atoms with Crippen LogP contribution >= 0.6 is 0 Å². The Hall–Kier alpha value is -4.27. The van der Waals surface area contributed by atoms with Crippen LogP contribution in [0.1, 0.15) is 61.2 Å². The Morgan fingerprint density at radius 2 is 1.47 bits per heavy atom. The second-order valence-corrected chi connectivity index (χ2v) is 11.9. The van der Waals surface area contributed by atoms with Gasteiger partial charge in [-0.3, -0.25) is 24.0 Å². The highest BCUT2D eigenvalue weighted by Crippen LogP contribution is 2.44. The van der Waals surface area contributed by atoms with Gasteiger partial charge in [0, 0.05) is 39.3 Å². The Kier molecular flexibility index (Phi) is 9.43. The summed E-state index contributed by atoms with van der Waals surface area (Å²) in [7, 11) is 0. The number of rotatable bonds is 8. The molecular formula is C31H36NO13. The summed E-state index contributed by atoms with van der Waals surface area (Å²) in [5.74, 6) is -2.90. The molecule has 3 heterocycles. The Morgan fingerprint density at radius 1 is 0.867 bits per heavy atom. The number of carbonyl (C=O) groups excluding carboxylic acids is 4. The number of hydrogen-bond acceptors (Lipinski definition) is 13. The predicted octanol–water partition coefficient (Wildman–Crippen LogP) is 2.86. The molecule has 14 heteroatoms. The molecule has 0 N–H and O–H groups in total. The first-order chi connectivity index (χ1) is 20.9. The molecule has 14 nitrogen and oxygen atoms in total. The van der Waals surface area contributed by atoms with Gasteiger partial charge in [-0.25, -0.2) is 0 Å². The Labute approximate surface area is 258 Å². The van der Waals surface area contributed by atoms with E-state index < -0.39 is 77.7 Å². The first-order valence-electron chi connectivity index (χ1n) is 14.2. The zero-order valence-corrected chi connectivity index (χ0v) is 26.2. The molecule has 0 unspecified atom stereocenters. The molecule has 1 aromatic heterocycles. The number of benzene rings is 1. The van der Waals surface area contributed by atoms with E-state index in [1.165, 1.54) is 12.1 Å². The lowest BCUT2D eigenvalue weighted by Gasteiger charge is -2.43. The molecule has 0 spiro atoms. The molecule has 45 heavy (non-hydrogen) atoms. The summed E-state index contributed by atoms with van der Waals surface area (Å²) in [5, 5.41) is 13.9. The zero-order valence-electron chi connectivity index (χ0n) is 26.2. The minimum atomic E-state index is -1.55. The minimum Gasteiger partial charge on any atom is -0.463 e. The van der Waals surface area contributed by atoms with Gasteiger partial charge in [0.15, 0.2) is 17.6 Å². The smallest absolute Gasteiger partial charge is 0.303 e. The molecule has 1 aromatic carbocycles. The van der Waals surface area contributed by atoms with E-state index in [1.54, 1.807) is 45.9 Å². The van der Waals surface area contributed by atoms with Crippen LogP contribution in [-0.2, 0) is 48.1 Å². The maximum absolute atomic E-state index is 13.6. The lowest BCUT2D eigenvalue weighted by Crippen LogP contribution is -2.63. The second kappa shape index (κ2) is 12.6. The van der Waals surface area contributed by atoms with Gasteiger partial charge in [-0.1, -0.05) is 12.1 Å². The van der Waals surface area contributed by atoms with Crippen molar-refractivity contribution in [3.8, 4) is 5.75 Å². The Balaban J connectivity index is 1.79. The maximum Gasteiger partial charge on any atom is 0.303 e. The van der Waals surface area contributed by atoms with Crippen LogP contribution in [0.4, 0.5) is 0 Å². The summed E-state index contributed by atoms with van der Waals surface area (Å²) >= 11 is 0. The van der Waals surface area contributed by atoms with Gasteiger partial charge in [-0.15, -0.1) is 10.3 Å². The van der Waals surface area contributed by atoms with Crippen molar-refractivity contribution in [2.75, 3.05) is 6.61 Å². The number of hydrogen-bond donors (Lipinski definition) is 0. The molecule has 4 rings (SSSR count). The monoisotopic (exact) mass is 630 g/mol. The van der Waals surface area contributed by atoms with E-state index >= 15 is 0 Å². The van der Waals surface area contributed by atoms with Gasteiger partial charge in [0.2, 0.25) is 12.4 Å². The van der Waals surface area contributed by atoms with Gasteiger partial charge >= 0.3 is 23.9 Å². The molecule has 0 aliphatic carbocycles. The highest BCUT2D eigenvalue weighted by Gasteiger charge is 2.53. The van der Waals surface area contributed by atoms with Gasteiger partial charge in [-0.2, -0.15) is 0 Å². The molecule has 2 aliphatic rings. The number of nitrogens with zero attached hydrogens (tertiary/aromatic N) is 1. The number of esters is 4. The van der Waals surface area contributed by atoms with Crippen LogP contribution < -0.4 is 10.2 Å². The molecule has 243 valence electrons. The molecule has 1 fully saturated rings. The van der Waals surface area contributed by atoms with Crippen molar-refractivity contribution in [1.82, 2.24) is 5.06 Å². The predicted molar refractivity (Wildman–Crippen MR) is 154 cm³/mol. The van der Waals surface area contributed by atoms with E-state index in [4.69, 9.17) is 32.8 Å². The van der Waals surface area contributed by atoms with E-state index in [2.05, 4.69) is 0 Å². The van der Waals surface area contributed by atoms with E-state index in [1.807, 2.05) is 0 Å². The zero-order chi connectivity index (χ0) is 33.4. The largest absolute Gasteiger partial charge is 0.463 e. The van der Waals surface area contributed by atoms with Crippen LogP contribution in [0.2, 0.25) is 0 Å². The molecule has 2 aromatic rings. The molecule has 2 aliphatic heterocycles. The van der Waals surface area contributed by atoms with Gasteiger partial charge in [-0.05, 0) is 39.8 Å². The summed E-state index contributed by atoms with van der Waals surface area (Å²) in [5.41, 5.74) is -1.68. The summed E-state index contributed by atoms with van der Waals surface area (Å²) in [4.78, 5) is 61.5. The molecule has 5 atom stereocenters. The van der Waals surface area contributed by atoms with Crippen LogP contribution in [-0.4, -0.2) is 77.3 Å². The second-order valence-electron chi connectivity index (χ2n) is 11.9. The van der Waals surface area contributed by atoms with Gasteiger partial charge in [0.25, 0.3) is 0 Å². The Morgan fingerprint density at radius 3 is 2.02 bits per heavy atom. The van der Waals surface area contributed by atoms with Gasteiger partial charge in [0.05, 0.1) is 11.1 Å². The average Bonchev–Trinajstić information content (AvgIpc) is 3.08. The van der Waals surface area contributed by atoms with Crippen molar-refractivity contribution in [2.24, 2.45) is 0 Å². The van der Waals surface area contributed by atoms with Crippen LogP contribution in [0, 0.1) is 0 Å². The molecule has 0 saturated carbocycles. The first kappa shape index (κ1) is 33.6. The van der Waals surface area contributed by atoms with Crippen LogP contribution in [0.3, 0.4) is 0 Å². The summed E-state index contributed by atoms with van der Waals surface area (Å²) in [6.07, 6.45) is -5.37. The standard InChI is InChI=1S/C31H36NO13/c1-15(33)39-14-24-26(40-16(2)34)27(41-17(3)35)28(42-18(4)36)29(45-24)44-22-11-9-10-21-25(22)20(37)12-23(43-21)19-13-30(5,6)32(38)31(19,7)8/h9-13,24,26-29H,14H2,1-8H3/t24-,26-,27+,28-,29-/m1/s1. The molecule has 1 radical (unpaired) electrons. The molecular weight excluding hydrogens is 594 g/mol. The third-order valence-corrected chi connectivity index (χ3v) is 7.36. The normalized spacial score (nSPS) is 25.6. The summed E-state index contributed by atoms with van der Waals surface area (Å²) in [6.45, 7) is 11.0. The van der Waals surface area contributed by atoms with E-state index in [9.17, 15) is 29.2 Å². The number of ether oxygens (including phenoxy) is 6. The topological polar surface area (TPSA) is 177 Å². The fourth-order valence-corrected chi connectivity index (χ4v) is 5.61. The van der Waals surface area contributed by atoms with Crippen molar-refractivity contribution in [1.29, 1.82) is 0 Å². The third-order valence-electron chi connectivity index (χ3n) is 7.36. The average molecular weight is 631 g/mol. The number of fused-ring (bicyclic) bond motifs is 1. The van der Waals surface area contributed by atoms with Crippen LogP contribution in [0.5, 0.6) is 5.75 Å².